The number of aromatic carboxylic acids is 1. The van der Waals surface area contributed by atoms with E-state index in [1.54, 1.807) is 13.0 Å². The lowest BCUT2D eigenvalue weighted by molar-refractivity contribution is -0.124. The Morgan fingerprint density at radius 3 is 2.62 bits per heavy atom. The van der Waals surface area contributed by atoms with Crippen LogP contribution in [0.15, 0.2) is 12.1 Å². The van der Waals surface area contributed by atoms with Crippen molar-refractivity contribution in [3.8, 4) is 0 Å². The Balaban J connectivity index is 2.17. The zero-order valence-corrected chi connectivity index (χ0v) is 12.6. The van der Waals surface area contributed by atoms with Crippen LogP contribution in [0.25, 0.3) is 0 Å². The van der Waals surface area contributed by atoms with E-state index in [1.807, 2.05) is 13.8 Å². The average Bonchev–Trinajstić information content (AvgIpc) is 2.41. The number of carboxylic acids is 1. The molecule has 1 aliphatic heterocycles. The minimum atomic E-state index is -0.984. The Labute approximate surface area is 124 Å². The molecule has 0 aromatic heterocycles. The molecule has 2 N–H and O–H groups in total. The molecule has 1 fully saturated rings. The van der Waals surface area contributed by atoms with Crippen molar-refractivity contribution in [3.05, 3.63) is 28.8 Å². The fourth-order valence-electron chi connectivity index (χ4n) is 2.69. The number of hydrogen-bond donors (Lipinski definition) is 2. The van der Waals surface area contributed by atoms with Crippen molar-refractivity contribution < 1.29 is 19.4 Å². The number of ether oxygens (including phenoxy) is 1. The number of nitrogens with one attached hydrogen (secondary N) is 1. The van der Waals surface area contributed by atoms with Gasteiger partial charge in [0, 0.05) is 18.2 Å². The van der Waals surface area contributed by atoms with Crippen LogP contribution in [-0.4, -0.2) is 29.7 Å². The first-order valence-corrected chi connectivity index (χ1v) is 7.15. The number of rotatable bonds is 3. The largest absolute Gasteiger partial charge is 0.478 e. The number of hydrogen-bond acceptors (Lipinski definition) is 3. The van der Waals surface area contributed by atoms with Gasteiger partial charge in [0.15, 0.2) is 0 Å². The van der Waals surface area contributed by atoms with E-state index in [4.69, 9.17) is 9.84 Å². The van der Waals surface area contributed by atoms with Crippen LogP contribution >= 0.6 is 0 Å². The number of carboxylic acid groups (broad SMARTS) is 1. The predicted molar refractivity (Wildman–Crippen MR) is 79.6 cm³/mol. The normalized spacial score (nSPS) is 21.9. The summed E-state index contributed by atoms with van der Waals surface area (Å²) in [5.74, 6) is -1.13. The van der Waals surface area contributed by atoms with Gasteiger partial charge in [-0.15, -0.1) is 0 Å². The second kappa shape index (κ2) is 6.26. The van der Waals surface area contributed by atoms with E-state index in [0.29, 0.717) is 30.7 Å². The molecule has 0 bridgehead atoms. The van der Waals surface area contributed by atoms with Crippen LogP contribution in [0.3, 0.4) is 0 Å². The zero-order chi connectivity index (χ0) is 15.6. The van der Waals surface area contributed by atoms with Gasteiger partial charge >= 0.3 is 5.97 Å². The maximum atomic E-state index is 12.3. The fraction of sp³-hybridized carbons (Fsp3) is 0.500. The van der Waals surface area contributed by atoms with Crippen LogP contribution in [0, 0.1) is 19.8 Å². The van der Waals surface area contributed by atoms with Crippen LogP contribution in [0.4, 0.5) is 5.69 Å². The molecule has 1 amide bonds. The molecule has 1 saturated heterocycles. The van der Waals surface area contributed by atoms with Gasteiger partial charge in [-0.25, -0.2) is 4.79 Å². The number of amides is 1. The number of aryl methyl sites for hydroxylation is 2. The third-order valence-electron chi connectivity index (χ3n) is 3.92. The number of benzene rings is 1. The van der Waals surface area contributed by atoms with E-state index >= 15 is 0 Å². The molecular weight excluding hydrogens is 270 g/mol. The number of carbonyl (C=O) groups excluding carboxylic acids is 1. The number of carbonyl (C=O) groups is 2. The molecule has 0 spiro atoms. The summed E-state index contributed by atoms with van der Waals surface area (Å²) in [6, 6.07) is 3.32. The summed E-state index contributed by atoms with van der Waals surface area (Å²) in [4.78, 5) is 23.5. The predicted octanol–water partition coefficient (Wildman–Crippen LogP) is 2.76. The minimum Gasteiger partial charge on any atom is -0.478 e. The molecule has 2 rings (SSSR count). The van der Waals surface area contributed by atoms with Gasteiger partial charge in [-0.1, -0.05) is 6.07 Å². The molecule has 5 heteroatoms. The summed E-state index contributed by atoms with van der Waals surface area (Å²) in [7, 11) is 0. The van der Waals surface area contributed by atoms with Gasteiger partial charge in [0.2, 0.25) is 5.91 Å². The minimum absolute atomic E-state index is 0.0616. The molecule has 1 aliphatic rings. The van der Waals surface area contributed by atoms with Crippen molar-refractivity contribution in [1.82, 2.24) is 0 Å². The van der Waals surface area contributed by atoms with E-state index in [2.05, 4.69) is 5.32 Å². The Hall–Kier alpha value is -1.88. The SMILES string of the molecule is Cc1cc(C)c(C(=O)O)cc1NC(=O)[C@@H]1CCO[C@@H](C)C1. The summed E-state index contributed by atoms with van der Waals surface area (Å²) in [6.07, 6.45) is 1.48. The molecule has 0 unspecified atom stereocenters. The lowest BCUT2D eigenvalue weighted by Crippen LogP contribution is -2.32. The summed E-state index contributed by atoms with van der Waals surface area (Å²) >= 11 is 0. The first-order valence-electron chi connectivity index (χ1n) is 7.15. The highest BCUT2D eigenvalue weighted by atomic mass is 16.5. The Kier molecular flexibility index (Phi) is 4.63. The first-order chi connectivity index (χ1) is 9.88. The van der Waals surface area contributed by atoms with E-state index in [1.165, 1.54) is 6.07 Å². The molecule has 0 radical (unpaired) electrons. The third kappa shape index (κ3) is 3.61. The van der Waals surface area contributed by atoms with Crippen molar-refractivity contribution >= 4 is 17.6 Å². The molecule has 2 atom stereocenters. The molecule has 1 heterocycles. The second-order valence-electron chi connectivity index (χ2n) is 5.68. The van der Waals surface area contributed by atoms with Crippen molar-refractivity contribution in [2.24, 2.45) is 5.92 Å². The highest BCUT2D eigenvalue weighted by molar-refractivity contribution is 5.96. The van der Waals surface area contributed by atoms with Crippen LogP contribution in [0.5, 0.6) is 0 Å². The lowest BCUT2D eigenvalue weighted by Gasteiger charge is -2.26. The van der Waals surface area contributed by atoms with Gasteiger partial charge in [0.05, 0.1) is 11.7 Å². The molecule has 1 aromatic rings. The van der Waals surface area contributed by atoms with Gasteiger partial charge in [-0.2, -0.15) is 0 Å². The van der Waals surface area contributed by atoms with Gasteiger partial charge in [0.1, 0.15) is 0 Å². The van der Waals surface area contributed by atoms with E-state index in [9.17, 15) is 9.59 Å². The van der Waals surface area contributed by atoms with E-state index < -0.39 is 5.97 Å². The molecule has 0 aliphatic carbocycles. The first kappa shape index (κ1) is 15.5. The molecule has 21 heavy (non-hydrogen) atoms. The molecule has 5 nitrogen and oxygen atoms in total. The molecular formula is C16H21NO4. The summed E-state index contributed by atoms with van der Waals surface area (Å²) in [5, 5.41) is 12.0. The van der Waals surface area contributed by atoms with E-state index in [-0.39, 0.29) is 23.5 Å². The maximum absolute atomic E-state index is 12.3. The topological polar surface area (TPSA) is 75.6 Å². The monoisotopic (exact) mass is 291 g/mol. The van der Waals surface area contributed by atoms with Crippen LogP contribution in [-0.2, 0) is 9.53 Å². The smallest absolute Gasteiger partial charge is 0.336 e. The van der Waals surface area contributed by atoms with Gasteiger partial charge in [-0.3, -0.25) is 4.79 Å². The third-order valence-corrected chi connectivity index (χ3v) is 3.92. The van der Waals surface area contributed by atoms with Gasteiger partial charge < -0.3 is 15.2 Å². The van der Waals surface area contributed by atoms with Crippen LogP contribution in [0.2, 0.25) is 0 Å². The molecule has 114 valence electrons. The fourth-order valence-corrected chi connectivity index (χ4v) is 2.69. The van der Waals surface area contributed by atoms with E-state index in [0.717, 1.165) is 5.56 Å². The van der Waals surface area contributed by atoms with Crippen LogP contribution in [0.1, 0.15) is 41.3 Å². The zero-order valence-electron chi connectivity index (χ0n) is 12.6. The average molecular weight is 291 g/mol. The highest BCUT2D eigenvalue weighted by Crippen LogP contribution is 2.25. The second-order valence-corrected chi connectivity index (χ2v) is 5.68. The molecule has 1 aromatic carbocycles. The van der Waals surface area contributed by atoms with Crippen molar-refractivity contribution in [3.63, 3.8) is 0 Å². The Morgan fingerprint density at radius 1 is 1.29 bits per heavy atom. The lowest BCUT2D eigenvalue weighted by atomic mass is 9.95. The van der Waals surface area contributed by atoms with Crippen molar-refractivity contribution in [2.75, 3.05) is 11.9 Å². The van der Waals surface area contributed by atoms with Crippen LogP contribution < -0.4 is 5.32 Å². The maximum Gasteiger partial charge on any atom is 0.336 e. The number of anilines is 1. The summed E-state index contributed by atoms with van der Waals surface area (Å²) < 4.78 is 5.44. The standard InChI is InChI=1S/C16H21NO4/c1-9-6-10(2)14(8-13(9)16(19)20)17-15(18)12-4-5-21-11(3)7-12/h6,8,11-12H,4-5,7H2,1-3H3,(H,17,18)(H,19,20)/t11-,12+/m0/s1. The Bertz CT molecular complexity index is 568. The van der Waals surface area contributed by atoms with Crippen molar-refractivity contribution in [1.29, 1.82) is 0 Å². The quantitative estimate of drug-likeness (QED) is 0.898. The summed E-state index contributed by atoms with van der Waals surface area (Å²) in [5.41, 5.74) is 2.35. The van der Waals surface area contributed by atoms with Gasteiger partial charge in [0.25, 0.3) is 0 Å². The highest BCUT2D eigenvalue weighted by Gasteiger charge is 2.26. The van der Waals surface area contributed by atoms with Crippen molar-refractivity contribution in [2.45, 2.75) is 39.7 Å². The Morgan fingerprint density at radius 2 is 2.00 bits per heavy atom. The summed E-state index contributed by atoms with van der Waals surface area (Å²) in [6.45, 7) is 6.16. The van der Waals surface area contributed by atoms with Gasteiger partial charge in [-0.05, 0) is 50.8 Å². The molecule has 0 saturated carbocycles.